The van der Waals surface area contributed by atoms with Crippen molar-refractivity contribution in [3.8, 4) is 0 Å². The number of hydrogen-bond acceptors (Lipinski definition) is 7. The van der Waals surface area contributed by atoms with E-state index in [1.54, 1.807) is 38.9 Å². The van der Waals surface area contributed by atoms with Crippen LogP contribution in [0.2, 0.25) is 10.0 Å². The van der Waals surface area contributed by atoms with Crippen LogP contribution in [0.15, 0.2) is 12.3 Å². The van der Waals surface area contributed by atoms with Gasteiger partial charge in [-0.25, -0.2) is 14.2 Å². The molecule has 1 aliphatic heterocycles. The number of anilines is 4. The highest BCUT2D eigenvalue weighted by molar-refractivity contribution is 6.39. The molecule has 0 saturated heterocycles. The van der Waals surface area contributed by atoms with Crippen LogP contribution in [-0.4, -0.2) is 47.1 Å². The summed E-state index contributed by atoms with van der Waals surface area (Å²) in [7, 11) is 1.70. The molecule has 1 N–H and O–H groups in total. The van der Waals surface area contributed by atoms with Gasteiger partial charge < -0.3 is 19.9 Å². The highest BCUT2D eigenvalue weighted by Crippen LogP contribution is 2.39. The third-order valence-corrected chi connectivity index (χ3v) is 6.76. The number of hydrogen-bond donors (Lipinski definition) is 1. The Balaban J connectivity index is 1.69. The van der Waals surface area contributed by atoms with Gasteiger partial charge in [-0.2, -0.15) is 4.98 Å². The number of rotatable bonds is 4. The summed E-state index contributed by atoms with van der Waals surface area (Å²) >= 11 is 12.6. The minimum atomic E-state index is -0.958. The first-order chi connectivity index (χ1) is 16.5. The van der Waals surface area contributed by atoms with E-state index < -0.39 is 17.4 Å². The molecule has 188 valence electrons. The van der Waals surface area contributed by atoms with Crippen LogP contribution in [0.25, 0.3) is 0 Å². The first-order valence-electron chi connectivity index (χ1n) is 11.5. The maximum atomic E-state index is 15.0. The molecule has 1 aromatic carbocycles. The van der Waals surface area contributed by atoms with E-state index in [0.29, 0.717) is 24.5 Å². The zero-order chi connectivity index (χ0) is 25.5. The Labute approximate surface area is 213 Å². The van der Waals surface area contributed by atoms with E-state index in [1.807, 2.05) is 0 Å². The molecule has 2 aliphatic rings. The third kappa shape index (κ3) is 5.30. The maximum Gasteiger partial charge on any atom is 0.341 e. The Morgan fingerprint density at radius 1 is 1.26 bits per heavy atom. The minimum Gasteiger partial charge on any atom is -0.456 e. The number of nitrogens with one attached hydrogen (secondary N) is 1. The Bertz CT molecular complexity index is 1160. The quantitative estimate of drug-likeness (QED) is 0.403. The lowest BCUT2D eigenvalue weighted by Crippen LogP contribution is -2.34. The second-order valence-corrected chi connectivity index (χ2v) is 10.6. The molecule has 1 aromatic heterocycles. The number of ether oxygens (including phenoxy) is 1. The lowest BCUT2D eigenvalue weighted by Gasteiger charge is -2.30. The summed E-state index contributed by atoms with van der Waals surface area (Å²) in [6, 6.07) is 1.45. The van der Waals surface area contributed by atoms with Gasteiger partial charge in [-0.3, -0.25) is 4.79 Å². The maximum absolute atomic E-state index is 15.0. The van der Waals surface area contributed by atoms with Crippen LogP contribution in [0.3, 0.4) is 0 Å². The molecular formula is C24H28Cl2FN5O3. The summed E-state index contributed by atoms with van der Waals surface area (Å²) in [5, 5.41) is 2.53. The molecule has 0 radical (unpaired) electrons. The zero-order valence-electron chi connectivity index (χ0n) is 20.1. The van der Waals surface area contributed by atoms with Crippen molar-refractivity contribution in [2.75, 3.05) is 28.7 Å². The average Bonchev–Trinajstić information content (AvgIpc) is 3.28. The van der Waals surface area contributed by atoms with Crippen molar-refractivity contribution < 1.29 is 18.7 Å². The minimum absolute atomic E-state index is 0.00995. The highest BCUT2D eigenvalue weighted by Gasteiger charge is 2.32. The Hall–Kier alpha value is -2.65. The predicted molar refractivity (Wildman–Crippen MR) is 135 cm³/mol. The molecule has 1 aliphatic carbocycles. The third-order valence-electron chi connectivity index (χ3n) is 6.10. The van der Waals surface area contributed by atoms with Crippen molar-refractivity contribution in [2.24, 2.45) is 0 Å². The van der Waals surface area contributed by atoms with E-state index in [2.05, 4.69) is 20.2 Å². The monoisotopic (exact) mass is 523 g/mol. The first-order valence-corrected chi connectivity index (χ1v) is 12.3. The normalized spacial score (nSPS) is 16.8. The number of esters is 1. The van der Waals surface area contributed by atoms with E-state index in [0.717, 1.165) is 25.7 Å². The van der Waals surface area contributed by atoms with Gasteiger partial charge in [-0.1, -0.05) is 36.0 Å². The van der Waals surface area contributed by atoms with Crippen LogP contribution in [-0.2, 0) is 9.53 Å². The van der Waals surface area contributed by atoms with Crippen LogP contribution in [0.4, 0.5) is 27.5 Å². The largest absolute Gasteiger partial charge is 0.456 e. The van der Waals surface area contributed by atoms with Crippen molar-refractivity contribution in [3.63, 3.8) is 0 Å². The number of amides is 1. The molecule has 0 unspecified atom stereocenters. The highest BCUT2D eigenvalue weighted by atomic mass is 35.5. The lowest BCUT2D eigenvalue weighted by atomic mass is 10.1. The number of halogens is 3. The van der Waals surface area contributed by atoms with Crippen molar-refractivity contribution in [1.82, 2.24) is 9.97 Å². The topological polar surface area (TPSA) is 87.7 Å². The summed E-state index contributed by atoms with van der Waals surface area (Å²) in [5.41, 5.74) is -0.539. The van der Waals surface area contributed by atoms with Crippen LogP contribution in [0.5, 0.6) is 0 Å². The summed E-state index contributed by atoms with van der Waals surface area (Å²) < 4.78 is 20.3. The molecule has 8 nitrogen and oxygen atoms in total. The summed E-state index contributed by atoms with van der Waals surface area (Å²) in [6.45, 7) is 5.59. The summed E-state index contributed by atoms with van der Waals surface area (Å²) in [6.07, 6.45) is 6.25. The van der Waals surface area contributed by atoms with Crippen LogP contribution in [0, 0.1) is 5.82 Å². The summed E-state index contributed by atoms with van der Waals surface area (Å²) in [5.74, 6) is -1.07. The van der Waals surface area contributed by atoms with Gasteiger partial charge in [-0.15, -0.1) is 0 Å². The molecule has 4 rings (SSSR count). The number of carbonyl (C=O) groups excluding carboxylic acids is 2. The van der Waals surface area contributed by atoms with Gasteiger partial charge in [0.05, 0.1) is 22.5 Å². The van der Waals surface area contributed by atoms with Crippen molar-refractivity contribution in [2.45, 2.75) is 64.5 Å². The van der Waals surface area contributed by atoms with Crippen LogP contribution >= 0.6 is 23.2 Å². The molecule has 11 heteroatoms. The molecule has 0 spiro atoms. The van der Waals surface area contributed by atoms with Crippen molar-refractivity contribution in [3.05, 3.63) is 33.7 Å². The second kappa shape index (κ2) is 9.78. The van der Waals surface area contributed by atoms with E-state index >= 15 is 4.39 Å². The standard InChI is InChI=1S/C24H28Cl2FN5O3/c1-24(2,3)35-22(34)14-11-15(25)20(18(26)19(14)27)29-23-28-12-16-21(30-23)32(13-7-5-6-8-13)10-9-17(33)31(16)4/h11-13H,5-10H2,1-4H3,(H,28,29,30). The molecule has 1 fully saturated rings. The Morgan fingerprint density at radius 3 is 2.60 bits per heavy atom. The number of nitrogens with zero attached hydrogens (tertiary/aromatic N) is 4. The summed E-state index contributed by atoms with van der Waals surface area (Å²) in [4.78, 5) is 37.6. The fourth-order valence-electron chi connectivity index (χ4n) is 4.37. The molecule has 0 bridgehead atoms. The number of carbonyl (C=O) groups is 2. The van der Waals surface area contributed by atoms with E-state index in [9.17, 15) is 9.59 Å². The smallest absolute Gasteiger partial charge is 0.341 e. The predicted octanol–water partition coefficient (Wildman–Crippen LogP) is 5.74. The van der Waals surface area contributed by atoms with Gasteiger partial charge in [0.15, 0.2) is 11.6 Å². The van der Waals surface area contributed by atoms with Gasteiger partial charge in [0, 0.05) is 26.1 Å². The Morgan fingerprint density at radius 2 is 1.94 bits per heavy atom. The van der Waals surface area contributed by atoms with Crippen LogP contribution < -0.4 is 15.1 Å². The Kier molecular flexibility index (Phi) is 7.11. The lowest BCUT2D eigenvalue weighted by molar-refractivity contribution is -0.118. The van der Waals surface area contributed by atoms with Gasteiger partial charge in [0.25, 0.3) is 0 Å². The number of benzene rings is 1. The average molecular weight is 524 g/mol. The van der Waals surface area contributed by atoms with Gasteiger partial charge in [0.1, 0.15) is 16.3 Å². The molecule has 1 amide bonds. The van der Waals surface area contributed by atoms with Gasteiger partial charge >= 0.3 is 5.97 Å². The van der Waals surface area contributed by atoms with E-state index in [-0.39, 0.29) is 39.2 Å². The number of fused-ring (bicyclic) bond motifs is 1. The molecule has 0 atom stereocenters. The SMILES string of the molecule is CN1C(=O)CCN(C2CCCC2)c2nc(Nc3c(Cl)cc(C(=O)OC(C)(C)C)c(F)c3Cl)ncc21. The number of aromatic nitrogens is 2. The van der Waals surface area contributed by atoms with Crippen molar-refractivity contribution in [1.29, 1.82) is 0 Å². The zero-order valence-corrected chi connectivity index (χ0v) is 21.6. The fraction of sp³-hybridized carbons (Fsp3) is 0.500. The fourth-order valence-corrected chi connectivity index (χ4v) is 4.92. The second-order valence-electron chi connectivity index (χ2n) is 9.77. The van der Waals surface area contributed by atoms with E-state index in [4.69, 9.17) is 27.9 Å². The molecule has 1 saturated carbocycles. The first kappa shape index (κ1) is 25.4. The molecular weight excluding hydrogens is 496 g/mol. The van der Waals surface area contributed by atoms with Gasteiger partial charge in [0.2, 0.25) is 11.9 Å². The molecule has 2 aromatic rings. The molecule has 2 heterocycles. The van der Waals surface area contributed by atoms with Crippen molar-refractivity contribution >= 4 is 58.2 Å². The van der Waals surface area contributed by atoms with E-state index in [1.165, 1.54) is 6.07 Å². The van der Waals surface area contributed by atoms with Gasteiger partial charge in [-0.05, 0) is 39.7 Å². The van der Waals surface area contributed by atoms with Crippen LogP contribution in [0.1, 0.15) is 63.2 Å². The molecule has 35 heavy (non-hydrogen) atoms.